The van der Waals surface area contributed by atoms with Crippen molar-refractivity contribution < 1.29 is 66.4 Å². The number of carbonyl (C=O) groups excluding carboxylic acids is 1. The van der Waals surface area contributed by atoms with Crippen molar-refractivity contribution in [2.24, 2.45) is 0 Å². The maximum Gasteiger partial charge on any atom is 0.330 e. The third kappa shape index (κ3) is 25.2. The van der Waals surface area contributed by atoms with E-state index >= 15 is 0 Å². The van der Waals surface area contributed by atoms with Crippen molar-refractivity contribution >= 4 is 5.97 Å². The van der Waals surface area contributed by atoms with Crippen LogP contribution in [0.3, 0.4) is 0 Å². The van der Waals surface area contributed by atoms with E-state index in [2.05, 4.69) is 44.7 Å². The summed E-state index contributed by atoms with van der Waals surface area (Å²) in [5.74, 6) is 1.17. The summed E-state index contributed by atoms with van der Waals surface area (Å²) in [7, 11) is 0. The van der Waals surface area contributed by atoms with Crippen molar-refractivity contribution in [1.82, 2.24) is 0 Å². The van der Waals surface area contributed by atoms with Crippen LogP contribution >= 0.6 is 0 Å². The molecule has 0 amide bonds. The van der Waals surface area contributed by atoms with Gasteiger partial charge in [-0.15, -0.1) is 0 Å². The summed E-state index contributed by atoms with van der Waals surface area (Å²) in [6, 6.07) is 16.4. The highest BCUT2D eigenvalue weighted by Gasteiger charge is 2.23. The van der Waals surface area contributed by atoms with Crippen LogP contribution in [-0.4, -0.2) is 158 Å². The molecule has 2 aromatic rings. The van der Waals surface area contributed by atoms with Gasteiger partial charge in [-0.3, -0.25) is 0 Å². The summed E-state index contributed by atoms with van der Waals surface area (Å²) in [5, 5.41) is 0. The van der Waals surface area contributed by atoms with Crippen LogP contribution in [0, 0.1) is 0 Å². The first-order valence-corrected chi connectivity index (χ1v) is 19.5. The Balaban J connectivity index is 1.33. The quantitative estimate of drug-likeness (QED) is 0.0526. The van der Waals surface area contributed by atoms with Crippen LogP contribution in [0.15, 0.2) is 61.2 Å². The second-order valence-electron chi connectivity index (χ2n) is 12.5. The molecule has 14 heteroatoms. The molecule has 0 aromatic heterocycles. The maximum atomic E-state index is 10.9. The molecule has 0 atom stereocenters. The SMILES string of the molecule is C=CC(=O)OCCOCCOCCOCCOCCOCCOCCOCCOCCOc1ccc(C(C)(C)c2ccc(OCCOCCOCC)cc2)cc1. The molecule has 318 valence electrons. The monoisotopic (exact) mass is 794 g/mol. The van der Waals surface area contributed by atoms with Gasteiger partial charge in [0.25, 0.3) is 0 Å². The normalized spacial score (nSPS) is 11.5. The standard InChI is InChI=1S/C42H66O14/c1-5-41(43)56-36-33-53-30-28-50-26-24-48-22-20-46-18-17-45-19-21-47-23-25-49-27-29-52-32-35-55-40-13-9-38(10-14-40)42(3,4)37-7-11-39(12-8-37)54-34-31-51-16-15-44-6-2/h5,7-14H,1,6,15-36H2,2-4H3. The minimum Gasteiger partial charge on any atom is -0.491 e. The second kappa shape index (κ2) is 33.9. The van der Waals surface area contributed by atoms with Crippen molar-refractivity contribution in [3.63, 3.8) is 0 Å². The van der Waals surface area contributed by atoms with Gasteiger partial charge < -0.3 is 61.6 Å². The van der Waals surface area contributed by atoms with E-state index in [1.165, 1.54) is 11.1 Å². The van der Waals surface area contributed by atoms with Gasteiger partial charge in [-0.25, -0.2) is 4.79 Å². The zero-order valence-electron chi connectivity index (χ0n) is 33.9. The number of benzene rings is 2. The number of ether oxygens (including phenoxy) is 13. The highest BCUT2D eigenvalue weighted by atomic mass is 16.6. The van der Waals surface area contributed by atoms with Crippen molar-refractivity contribution in [2.45, 2.75) is 26.2 Å². The van der Waals surface area contributed by atoms with Crippen LogP contribution in [0.1, 0.15) is 31.9 Å². The van der Waals surface area contributed by atoms with Crippen LogP contribution in [0.5, 0.6) is 11.5 Å². The minimum atomic E-state index is -0.461. The molecule has 0 aliphatic heterocycles. The summed E-state index contributed by atoms with van der Waals surface area (Å²) in [6.45, 7) is 20.7. The fourth-order valence-electron chi connectivity index (χ4n) is 4.81. The average molecular weight is 795 g/mol. The van der Waals surface area contributed by atoms with Gasteiger partial charge >= 0.3 is 5.97 Å². The summed E-state index contributed by atoms with van der Waals surface area (Å²) in [4.78, 5) is 10.9. The molecular formula is C42H66O14. The van der Waals surface area contributed by atoms with E-state index in [-0.39, 0.29) is 12.0 Å². The number of hydrogen-bond acceptors (Lipinski definition) is 14. The van der Waals surface area contributed by atoms with Crippen molar-refractivity contribution in [2.75, 3.05) is 152 Å². The molecule has 14 nitrogen and oxygen atoms in total. The number of carbonyl (C=O) groups is 1. The van der Waals surface area contributed by atoms with Gasteiger partial charge in [-0.05, 0) is 42.3 Å². The van der Waals surface area contributed by atoms with Crippen LogP contribution in [0.2, 0.25) is 0 Å². The molecule has 0 bridgehead atoms. The third-order valence-electron chi connectivity index (χ3n) is 7.96. The molecule has 2 aromatic carbocycles. The Morgan fingerprint density at radius 1 is 0.446 bits per heavy atom. The Morgan fingerprint density at radius 3 is 1.00 bits per heavy atom. The Kier molecular flexibility index (Phi) is 29.7. The molecule has 0 unspecified atom stereocenters. The molecule has 0 N–H and O–H groups in total. The summed E-state index contributed by atoms with van der Waals surface area (Å²) in [6.07, 6.45) is 1.12. The summed E-state index contributed by atoms with van der Waals surface area (Å²) in [5.41, 5.74) is 2.21. The van der Waals surface area contributed by atoms with Gasteiger partial charge in [0, 0.05) is 18.1 Å². The Hall–Kier alpha value is -3.15. The lowest BCUT2D eigenvalue weighted by Crippen LogP contribution is -2.19. The summed E-state index contributed by atoms with van der Waals surface area (Å²) >= 11 is 0. The van der Waals surface area contributed by atoms with E-state index < -0.39 is 5.97 Å². The summed E-state index contributed by atoms with van der Waals surface area (Å²) < 4.78 is 71.1. The Morgan fingerprint density at radius 2 is 0.714 bits per heavy atom. The lowest BCUT2D eigenvalue weighted by Gasteiger charge is -2.26. The van der Waals surface area contributed by atoms with E-state index in [1.807, 2.05) is 31.2 Å². The minimum absolute atomic E-state index is 0.181. The van der Waals surface area contributed by atoms with E-state index in [1.54, 1.807) is 0 Å². The molecule has 0 heterocycles. The predicted molar refractivity (Wildman–Crippen MR) is 211 cm³/mol. The topological polar surface area (TPSA) is 137 Å². The number of esters is 1. The van der Waals surface area contributed by atoms with Gasteiger partial charge in [0.05, 0.1) is 126 Å². The molecule has 0 saturated carbocycles. The van der Waals surface area contributed by atoms with Crippen LogP contribution < -0.4 is 9.47 Å². The van der Waals surface area contributed by atoms with Gasteiger partial charge in [-0.1, -0.05) is 44.7 Å². The van der Waals surface area contributed by atoms with E-state index in [9.17, 15) is 4.79 Å². The van der Waals surface area contributed by atoms with Gasteiger partial charge in [0.1, 0.15) is 31.3 Å². The average Bonchev–Trinajstić information content (AvgIpc) is 3.21. The zero-order chi connectivity index (χ0) is 40.2. The molecule has 0 fully saturated rings. The van der Waals surface area contributed by atoms with Gasteiger partial charge in [0.2, 0.25) is 0 Å². The number of hydrogen-bond donors (Lipinski definition) is 0. The molecule has 0 aliphatic carbocycles. The van der Waals surface area contributed by atoms with E-state index in [4.69, 9.17) is 61.6 Å². The van der Waals surface area contributed by atoms with Crippen LogP contribution in [0.25, 0.3) is 0 Å². The number of rotatable bonds is 39. The smallest absolute Gasteiger partial charge is 0.330 e. The van der Waals surface area contributed by atoms with Gasteiger partial charge in [-0.2, -0.15) is 0 Å². The van der Waals surface area contributed by atoms with Crippen molar-refractivity contribution in [1.29, 1.82) is 0 Å². The molecule has 0 aliphatic rings. The Labute approximate surface area is 333 Å². The lowest BCUT2D eigenvalue weighted by atomic mass is 9.78. The first-order chi connectivity index (χ1) is 27.5. The first-order valence-electron chi connectivity index (χ1n) is 19.5. The van der Waals surface area contributed by atoms with Crippen LogP contribution in [-0.2, 0) is 62.3 Å². The predicted octanol–water partition coefficient (Wildman–Crippen LogP) is 4.69. The highest BCUT2D eigenvalue weighted by Crippen LogP contribution is 2.33. The van der Waals surface area contributed by atoms with Crippen molar-refractivity contribution in [3.05, 3.63) is 72.3 Å². The van der Waals surface area contributed by atoms with E-state index in [0.29, 0.717) is 145 Å². The highest BCUT2D eigenvalue weighted by molar-refractivity contribution is 5.81. The second-order valence-corrected chi connectivity index (χ2v) is 12.5. The maximum absolute atomic E-state index is 10.9. The molecule has 56 heavy (non-hydrogen) atoms. The Bertz CT molecular complexity index is 1210. The van der Waals surface area contributed by atoms with E-state index in [0.717, 1.165) is 17.6 Å². The largest absolute Gasteiger partial charge is 0.491 e. The fourth-order valence-corrected chi connectivity index (χ4v) is 4.81. The van der Waals surface area contributed by atoms with Crippen LogP contribution in [0.4, 0.5) is 0 Å². The molecule has 0 radical (unpaired) electrons. The lowest BCUT2D eigenvalue weighted by molar-refractivity contribution is -0.139. The third-order valence-corrected chi connectivity index (χ3v) is 7.96. The first kappa shape index (κ1) is 49.0. The van der Waals surface area contributed by atoms with Crippen molar-refractivity contribution in [3.8, 4) is 11.5 Å². The molecule has 0 spiro atoms. The molecular weight excluding hydrogens is 728 g/mol. The van der Waals surface area contributed by atoms with Gasteiger partial charge in [0.15, 0.2) is 0 Å². The zero-order valence-corrected chi connectivity index (χ0v) is 33.9. The fraction of sp³-hybridized carbons (Fsp3) is 0.643. The molecule has 2 rings (SSSR count). The molecule has 0 saturated heterocycles.